The Morgan fingerprint density at radius 3 is 2.70 bits per heavy atom. The van der Waals surface area contributed by atoms with Gasteiger partial charge in [0.25, 0.3) is 5.91 Å². The lowest BCUT2D eigenvalue weighted by molar-refractivity contribution is -0.124. The Kier molecular flexibility index (Phi) is 6.72. The van der Waals surface area contributed by atoms with E-state index in [1.165, 1.54) is 43.2 Å². The van der Waals surface area contributed by atoms with Crippen molar-refractivity contribution in [3.63, 3.8) is 0 Å². The molecule has 0 spiro atoms. The highest BCUT2D eigenvalue weighted by molar-refractivity contribution is 8.26. The van der Waals surface area contributed by atoms with Crippen molar-refractivity contribution in [2.75, 3.05) is 6.61 Å². The van der Waals surface area contributed by atoms with Crippen molar-refractivity contribution in [3.05, 3.63) is 52.4 Å². The number of aliphatic hydroxyl groups excluding tert-OH is 1. The number of aryl methyl sites for hydroxylation is 1. The van der Waals surface area contributed by atoms with Gasteiger partial charge in [-0.25, -0.2) is 4.39 Å². The van der Waals surface area contributed by atoms with E-state index >= 15 is 0 Å². The Bertz CT molecular complexity index is 1080. The molecule has 1 aliphatic heterocycles. The normalized spacial score (nSPS) is 25.7. The summed E-state index contributed by atoms with van der Waals surface area (Å²) in [6.07, 6.45) is 9.97. The number of hydrogen-bond donors (Lipinski definition) is 1. The molecule has 3 aliphatic rings. The van der Waals surface area contributed by atoms with Gasteiger partial charge in [-0.3, -0.25) is 9.69 Å². The smallest absolute Gasteiger partial charge is 0.266 e. The average Bonchev–Trinajstić information content (AvgIpc) is 3.57. The summed E-state index contributed by atoms with van der Waals surface area (Å²) in [5, 5.41) is 9.08. The summed E-state index contributed by atoms with van der Waals surface area (Å²) in [6.45, 7) is 0.185. The van der Waals surface area contributed by atoms with Crippen LogP contribution in [0.3, 0.4) is 0 Å². The molecule has 7 heteroatoms. The van der Waals surface area contributed by atoms with E-state index in [9.17, 15) is 9.18 Å². The molecule has 1 N–H and O–H groups in total. The third-order valence-corrected chi connectivity index (χ3v) is 8.52. The maximum atomic E-state index is 13.4. The Morgan fingerprint density at radius 1 is 1.18 bits per heavy atom. The molecular formula is C26H28FNO3S2. The lowest BCUT2D eigenvalue weighted by atomic mass is 9.94. The fraction of sp³-hybridized carbons (Fsp3) is 0.462. The molecule has 3 atom stereocenters. The number of halogens is 1. The highest BCUT2D eigenvalue weighted by atomic mass is 32.2. The van der Waals surface area contributed by atoms with Crippen LogP contribution in [0.5, 0.6) is 0 Å². The number of amides is 1. The van der Waals surface area contributed by atoms with Gasteiger partial charge in [0.1, 0.15) is 21.7 Å². The number of carbonyl (C=O) groups excluding carboxylic acids is 1. The van der Waals surface area contributed by atoms with Crippen LogP contribution in [0.25, 0.3) is 17.4 Å². The van der Waals surface area contributed by atoms with Gasteiger partial charge in [0, 0.05) is 24.3 Å². The van der Waals surface area contributed by atoms with Gasteiger partial charge in [0.05, 0.1) is 4.91 Å². The summed E-state index contributed by atoms with van der Waals surface area (Å²) in [4.78, 5) is 15.8. The van der Waals surface area contributed by atoms with Crippen LogP contribution in [0.15, 0.2) is 39.7 Å². The van der Waals surface area contributed by atoms with Crippen molar-refractivity contribution in [2.24, 2.45) is 11.8 Å². The molecular weight excluding hydrogens is 457 g/mol. The first kappa shape index (κ1) is 22.8. The Morgan fingerprint density at radius 2 is 2.00 bits per heavy atom. The predicted molar refractivity (Wildman–Crippen MR) is 133 cm³/mol. The minimum absolute atomic E-state index is 0.00601. The van der Waals surface area contributed by atoms with E-state index in [2.05, 4.69) is 0 Å². The monoisotopic (exact) mass is 485 g/mol. The molecule has 2 bridgehead atoms. The van der Waals surface area contributed by atoms with Gasteiger partial charge in [-0.2, -0.15) is 0 Å². The molecule has 1 aromatic carbocycles. The largest absolute Gasteiger partial charge is 0.456 e. The number of furan rings is 1. The van der Waals surface area contributed by atoms with E-state index in [-0.39, 0.29) is 24.4 Å². The number of benzene rings is 1. The first-order valence-corrected chi connectivity index (χ1v) is 13.0. The molecule has 2 aromatic rings. The van der Waals surface area contributed by atoms with Crippen molar-refractivity contribution in [3.8, 4) is 11.3 Å². The fourth-order valence-electron chi connectivity index (χ4n) is 5.53. The van der Waals surface area contributed by atoms with Crippen LogP contribution < -0.4 is 0 Å². The molecule has 5 rings (SSSR count). The standard InChI is InChI=1S/C26H28FNO3S2/c27-20-9-7-17(8-10-20)22-14-19(4-2-1-3-11-29)23(31-22)15-24-25(30)28(26(32)33-24)21-13-16-5-6-18(21)12-16/h7-10,14-16,18,21,29H,1-6,11-13H2/b24-15-. The van der Waals surface area contributed by atoms with Crippen LogP contribution in [0.2, 0.25) is 0 Å². The first-order chi connectivity index (χ1) is 16.0. The third kappa shape index (κ3) is 4.68. The number of nitrogens with zero attached hydrogens (tertiary/aromatic N) is 1. The molecule has 174 valence electrons. The predicted octanol–water partition coefficient (Wildman–Crippen LogP) is 6.18. The zero-order valence-electron chi connectivity index (χ0n) is 18.5. The van der Waals surface area contributed by atoms with Crippen molar-refractivity contribution >= 4 is 40.3 Å². The Hall–Kier alpha value is -1.96. The number of thiocarbonyl (C=S) groups is 1. The highest BCUT2D eigenvalue weighted by Crippen LogP contribution is 2.49. The fourth-order valence-corrected chi connectivity index (χ4v) is 6.88. The molecule has 0 radical (unpaired) electrons. The summed E-state index contributed by atoms with van der Waals surface area (Å²) < 4.78 is 20.2. The Labute approximate surface area is 203 Å². The molecule has 33 heavy (non-hydrogen) atoms. The van der Waals surface area contributed by atoms with Crippen LogP contribution >= 0.6 is 24.0 Å². The summed E-state index contributed by atoms with van der Waals surface area (Å²) in [5.74, 6) is 2.33. The van der Waals surface area contributed by atoms with Crippen molar-refractivity contribution in [2.45, 2.75) is 57.4 Å². The molecule has 1 saturated heterocycles. The van der Waals surface area contributed by atoms with Gasteiger partial charge in [0.2, 0.25) is 0 Å². The van der Waals surface area contributed by atoms with Crippen molar-refractivity contribution in [1.82, 2.24) is 4.90 Å². The maximum Gasteiger partial charge on any atom is 0.266 e. The zero-order chi connectivity index (χ0) is 22.9. The minimum Gasteiger partial charge on any atom is -0.456 e. The van der Waals surface area contributed by atoms with Crippen LogP contribution in [-0.2, 0) is 11.2 Å². The second-order valence-corrected chi connectivity index (χ2v) is 11.0. The molecule has 2 saturated carbocycles. The third-order valence-electron chi connectivity index (χ3n) is 7.19. The second-order valence-electron chi connectivity index (χ2n) is 9.34. The summed E-state index contributed by atoms with van der Waals surface area (Å²) >= 11 is 6.99. The summed E-state index contributed by atoms with van der Waals surface area (Å²) in [5.41, 5.74) is 1.81. The molecule has 1 amide bonds. The van der Waals surface area contributed by atoms with Crippen LogP contribution in [0.4, 0.5) is 4.39 Å². The number of carbonyl (C=O) groups is 1. The zero-order valence-corrected chi connectivity index (χ0v) is 20.1. The van der Waals surface area contributed by atoms with Crippen molar-refractivity contribution < 1.29 is 18.7 Å². The lowest BCUT2D eigenvalue weighted by Gasteiger charge is -2.30. The minimum atomic E-state index is -0.293. The van der Waals surface area contributed by atoms with Gasteiger partial charge in [-0.05, 0) is 86.3 Å². The second kappa shape index (κ2) is 9.72. The SMILES string of the molecule is O=C1/C(=C/c2oc(-c3ccc(F)cc3)cc2CCCCCO)SC(=S)N1C1CC2CCC1C2. The first-order valence-electron chi connectivity index (χ1n) is 11.8. The quantitative estimate of drug-likeness (QED) is 0.275. The van der Waals surface area contributed by atoms with E-state index in [1.54, 1.807) is 12.1 Å². The molecule has 2 heterocycles. The number of aliphatic hydroxyl groups is 1. The number of hydrogen-bond acceptors (Lipinski definition) is 5. The molecule has 1 aromatic heterocycles. The van der Waals surface area contributed by atoms with E-state index in [0.717, 1.165) is 49.1 Å². The van der Waals surface area contributed by atoms with Gasteiger partial charge in [-0.15, -0.1) is 0 Å². The highest BCUT2D eigenvalue weighted by Gasteiger charge is 2.48. The topological polar surface area (TPSA) is 53.7 Å². The van der Waals surface area contributed by atoms with E-state index < -0.39 is 0 Å². The number of thioether (sulfide) groups is 1. The van der Waals surface area contributed by atoms with E-state index in [0.29, 0.717) is 26.7 Å². The van der Waals surface area contributed by atoms with E-state index in [4.69, 9.17) is 21.7 Å². The Balaban J connectivity index is 1.41. The van der Waals surface area contributed by atoms with Gasteiger partial charge >= 0.3 is 0 Å². The van der Waals surface area contributed by atoms with Gasteiger partial charge in [-0.1, -0.05) is 36.8 Å². The van der Waals surface area contributed by atoms with E-state index in [1.807, 2.05) is 17.0 Å². The van der Waals surface area contributed by atoms with Gasteiger partial charge in [0.15, 0.2) is 0 Å². The average molecular weight is 486 g/mol. The molecule has 3 fully saturated rings. The van der Waals surface area contributed by atoms with Crippen LogP contribution in [0, 0.1) is 17.7 Å². The maximum absolute atomic E-state index is 13.4. The molecule has 2 aliphatic carbocycles. The molecule has 4 nitrogen and oxygen atoms in total. The van der Waals surface area contributed by atoms with Crippen LogP contribution in [0.1, 0.15) is 56.3 Å². The lowest BCUT2D eigenvalue weighted by Crippen LogP contribution is -2.41. The summed E-state index contributed by atoms with van der Waals surface area (Å²) in [7, 11) is 0. The number of unbranched alkanes of at least 4 members (excludes halogenated alkanes) is 2. The molecule has 3 unspecified atom stereocenters. The van der Waals surface area contributed by atoms with Crippen molar-refractivity contribution in [1.29, 1.82) is 0 Å². The van der Waals surface area contributed by atoms with Gasteiger partial charge < -0.3 is 9.52 Å². The van der Waals surface area contributed by atoms with Crippen LogP contribution in [-0.4, -0.2) is 32.9 Å². The number of fused-ring (bicyclic) bond motifs is 2. The number of rotatable bonds is 8. The summed E-state index contributed by atoms with van der Waals surface area (Å²) in [6, 6.07) is 8.45.